The molecule has 0 spiro atoms. The second-order valence-corrected chi connectivity index (χ2v) is 3.40. The van der Waals surface area contributed by atoms with E-state index in [1.165, 1.54) is 7.11 Å². The lowest BCUT2D eigenvalue weighted by molar-refractivity contribution is -0.142. The Kier molecular flexibility index (Phi) is 4.30. The number of aromatic nitrogens is 2. The zero-order chi connectivity index (χ0) is 11.3. The molecule has 0 aromatic carbocycles. The third kappa shape index (κ3) is 3.36. The Morgan fingerprint density at radius 2 is 2.47 bits per heavy atom. The minimum Gasteiger partial charge on any atom is -0.468 e. The molecule has 1 aromatic heterocycles. The maximum atomic E-state index is 11.1. The van der Waals surface area contributed by atoms with Gasteiger partial charge in [-0.25, -0.2) is 0 Å². The van der Waals surface area contributed by atoms with Crippen molar-refractivity contribution in [1.82, 2.24) is 15.1 Å². The molecule has 0 amide bonds. The van der Waals surface area contributed by atoms with Crippen LogP contribution in [0, 0.1) is 0 Å². The molecule has 1 heterocycles. The van der Waals surface area contributed by atoms with Gasteiger partial charge in [0.1, 0.15) is 6.04 Å². The number of aryl methyl sites for hydroxylation is 1. The number of hydrogen-bond acceptors (Lipinski definition) is 4. The van der Waals surface area contributed by atoms with E-state index in [0.717, 1.165) is 18.7 Å². The zero-order valence-corrected chi connectivity index (χ0v) is 9.36. The molecule has 0 aliphatic carbocycles. The molecule has 0 aliphatic heterocycles. The summed E-state index contributed by atoms with van der Waals surface area (Å²) in [6.07, 6.45) is 2.61. The molecule has 0 saturated heterocycles. The van der Waals surface area contributed by atoms with Crippen LogP contribution in [-0.4, -0.2) is 35.4 Å². The molecule has 1 atom stereocenters. The van der Waals surface area contributed by atoms with Crippen LogP contribution in [0.2, 0.25) is 0 Å². The van der Waals surface area contributed by atoms with Crippen molar-refractivity contribution in [2.45, 2.75) is 19.4 Å². The monoisotopic (exact) mass is 211 g/mol. The van der Waals surface area contributed by atoms with Gasteiger partial charge in [-0.2, -0.15) is 5.10 Å². The van der Waals surface area contributed by atoms with Crippen LogP contribution in [0.1, 0.15) is 12.6 Å². The summed E-state index contributed by atoms with van der Waals surface area (Å²) in [5, 5.41) is 7.15. The molecule has 15 heavy (non-hydrogen) atoms. The Hall–Kier alpha value is -1.36. The van der Waals surface area contributed by atoms with Crippen molar-refractivity contribution in [3.8, 4) is 0 Å². The predicted molar refractivity (Wildman–Crippen MR) is 56.4 cm³/mol. The van der Waals surface area contributed by atoms with Crippen molar-refractivity contribution >= 4 is 5.97 Å². The number of esters is 1. The smallest absolute Gasteiger partial charge is 0.322 e. The van der Waals surface area contributed by atoms with Crippen LogP contribution in [0.15, 0.2) is 12.3 Å². The Balaban J connectivity index is 2.28. The Bertz CT molecular complexity index is 322. The maximum absolute atomic E-state index is 11.1. The van der Waals surface area contributed by atoms with Crippen LogP contribution in [0.3, 0.4) is 0 Å². The number of carbonyl (C=O) groups is 1. The van der Waals surface area contributed by atoms with Gasteiger partial charge in [-0.15, -0.1) is 0 Å². The number of carbonyl (C=O) groups excluding carboxylic acids is 1. The van der Waals surface area contributed by atoms with Gasteiger partial charge < -0.3 is 10.1 Å². The third-order valence-electron chi connectivity index (χ3n) is 2.31. The molecule has 1 N–H and O–H groups in total. The SMILES string of the molecule is COC(=O)C(C)NCCc1ccnn1C. The fraction of sp³-hybridized carbons (Fsp3) is 0.600. The lowest BCUT2D eigenvalue weighted by atomic mass is 10.3. The highest BCUT2D eigenvalue weighted by Crippen LogP contribution is 1.96. The summed E-state index contributed by atoms with van der Waals surface area (Å²) in [7, 11) is 3.29. The van der Waals surface area contributed by atoms with Gasteiger partial charge in [0.2, 0.25) is 0 Å². The molecule has 0 bridgehead atoms. The zero-order valence-electron chi connectivity index (χ0n) is 9.36. The predicted octanol–water partition coefficient (Wildman–Crippen LogP) is 0.114. The summed E-state index contributed by atoms with van der Waals surface area (Å²) >= 11 is 0. The minimum atomic E-state index is -0.261. The summed E-state index contributed by atoms with van der Waals surface area (Å²) in [6.45, 7) is 2.52. The van der Waals surface area contributed by atoms with E-state index in [2.05, 4.69) is 15.2 Å². The molecule has 1 unspecified atom stereocenters. The first kappa shape index (κ1) is 11.7. The normalized spacial score (nSPS) is 12.5. The largest absolute Gasteiger partial charge is 0.468 e. The van der Waals surface area contributed by atoms with Crippen LogP contribution >= 0.6 is 0 Å². The maximum Gasteiger partial charge on any atom is 0.322 e. The summed E-state index contributed by atoms with van der Waals surface area (Å²) in [5.41, 5.74) is 1.14. The van der Waals surface area contributed by atoms with E-state index < -0.39 is 0 Å². The number of ether oxygens (including phenoxy) is 1. The highest BCUT2D eigenvalue weighted by molar-refractivity contribution is 5.75. The average Bonchev–Trinajstić information content (AvgIpc) is 2.63. The van der Waals surface area contributed by atoms with Crippen LogP contribution in [0.4, 0.5) is 0 Å². The average molecular weight is 211 g/mol. The standard InChI is InChI=1S/C10H17N3O2/c1-8(10(14)15-3)11-6-4-9-5-7-12-13(9)2/h5,7-8,11H,4,6H2,1-3H3. The second-order valence-electron chi connectivity index (χ2n) is 3.40. The number of methoxy groups -OCH3 is 1. The number of nitrogens with one attached hydrogen (secondary N) is 1. The van der Waals surface area contributed by atoms with Gasteiger partial charge in [-0.1, -0.05) is 0 Å². The second kappa shape index (κ2) is 5.50. The first-order valence-electron chi connectivity index (χ1n) is 4.93. The minimum absolute atomic E-state index is 0.236. The highest BCUT2D eigenvalue weighted by atomic mass is 16.5. The molecule has 5 heteroatoms. The van der Waals surface area contributed by atoms with Gasteiger partial charge in [0.05, 0.1) is 7.11 Å². The molecule has 0 saturated carbocycles. The Labute approximate surface area is 89.4 Å². The van der Waals surface area contributed by atoms with Crippen LogP contribution in [0.5, 0.6) is 0 Å². The highest BCUT2D eigenvalue weighted by Gasteiger charge is 2.11. The first-order valence-corrected chi connectivity index (χ1v) is 4.93. The molecular weight excluding hydrogens is 194 g/mol. The topological polar surface area (TPSA) is 56.1 Å². The summed E-state index contributed by atoms with van der Waals surface area (Å²) < 4.78 is 6.43. The number of rotatable bonds is 5. The molecule has 0 aliphatic rings. The van der Waals surface area contributed by atoms with Crippen molar-refractivity contribution in [1.29, 1.82) is 0 Å². The lowest BCUT2D eigenvalue weighted by Gasteiger charge is -2.10. The number of hydrogen-bond donors (Lipinski definition) is 1. The van der Waals surface area contributed by atoms with E-state index in [4.69, 9.17) is 0 Å². The van der Waals surface area contributed by atoms with Crippen LogP contribution in [-0.2, 0) is 23.0 Å². The van der Waals surface area contributed by atoms with Gasteiger partial charge >= 0.3 is 5.97 Å². The first-order chi connectivity index (χ1) is 7.15. The Morgan fingerprint density at radius 3 is 3.00 bits per heavy atom. The van der Waals surface area contributed by atoms with Crippen molar-refractivity contribution in [3.63, 3.8) is 0 Å². The quantitative estimate of drug-likeness (QED) is 0.702. The third-order valence-corrected chi connectivity index (χ3v) is 2.31. The lowest BCUT2D eigenvalue weighted by Crippen LogP contribution is -2.36. The van der Waals surface area contributed by atoms with Gasteiger partial charge in [0.25, 0.3) is 0 Å². The van der Waals surface area contributed by atoms with E-state index in [1.54, 1.807) is 13.1 Å². The van der Waals surface area contributed by atoms with E-state index in [9.17, 15) is 4.79 Å². The van der Waals surface area contributed by atoms with Crippen molar-refractivity contribution in [2.75, 3.05) is 13.7 Å². The van der Waals surface area contributed by atoms with Gasteiger partial charge in [0.15, 0.2) is 0 Å². The summed E-state index contributed by atoms with van der Waals surface area (Å²) in [4.78, 5) is 11.1. The molecule has 0 fully saturated rings. The molecule has 1 rings (SSSR count). The van der Waals surface area contributed by atoms with E-state index >= 15 is 0 Å². The van der Waals surface area contributed by atoms with Gasteiger partial charge in [-0.3, -0.25) is 9.48 Å². The molecule has 0 radical (unpaired) electrons. The van der Waals surface area contributed by atoms with Crippen molar-refractivity contribution < 1.29 is 9.53 Å². The molecular formula is C10H17N3O2. The molecule has 84 valence electrons. The van der Waals surface area contributed by atoms with E-state index in [-0.39, 0.29) is 12.0 Å². The fourth-order valence-electron chi connectivity index (χ4n) is 1.32. The van der Waals surface area contributed by atoms with E-state index in [0.29, 0.717) is 0 Å². The van der Waals surface area contributed by atoms with Gasteiger partial charge in [-0.05, 0) is 13.0 Å². The van der Waals surface area contributed by atoms with E-state index in [1.807, 2.05) is 17.8 Å². The molecule has 1 aromatic rings. The summed E-state index contributed by atoms with van der Waals surface area (Å²) in [6, 6.07) is 1.70. The fourth-order valence-corrected chi connectivity index (χ4v) is 1.32. The Morgan fingerprint density at radius 1 is 1.73 bits per heavy atom. The number of nitrogens with zero attached hydrogens (tertiary/aromatic N) is 2. The van der Waals surface area contributed by atoms with Crippen molar-refractivity contribution in [2.24, 2.45) is 7.05 Å². The van der Waals surface area contributed by atoms with Crippen LogP contribution < -0.4 is 5.32 Å². The van der Waals surface area contributed by atoms with Crippen molar-refractivity contribution in [3.05, 3.63) is 18.0 Å². The van der Waals surface area contributed by atoms with Gasteiger partial charge in [0, 0.05) is 31.9 Å². The van der Waals surface area contributed by atoms with Crippen LogP contribution in [0.25, 0.3) is 0 Å². The summed E-state index contributed by atoms with van der Waals surface area (Å²) in [5.74, 6) is -0.236. The molecule has 5 nitrogen and oxygen atoms in total.